The maximum atomic E-state index is 13.5. The summed E-state index contributed by atoms with van der Waals surface area (Å²) in [6, 6.07) is 0. The lowest BCUT2D eigenvalue weighted by molar-refractivity contribution is -0.348. The largest absolute Gasteiger partial charge is 0.481 e. The average molecular weight is 323 g/mol. The molecule has 5 nitrogen and oxygen atoms in total. The molecule has 0 aromatic carbocycles. The van der Waals surface area contributed by atoms with Gasteiger partial charge in [0, 0.05) is 7.05 Å². The first-order chi connectivity index (χ1) is 8.84. The SMILES string of the molecule is Cn1c(Cl)cnc1[C@](O)(CC(=O)O)C(F)(F)C(F)(F)F. The van der Waals surface area contributed by atoms with Crippen LogP contribution in [0.3, 0.4) is 0 Å². The van der Waals surface area contributed by atoms with Crippen LogP contribution in [0.5, 0.6) is 0 Å². The molecule has 0 amide bonds. The normalized spacial score (nSPS) is 16.0. The van der Waals surface area contributed by atoms with Crippen LogP contribution in [0.4, 0.5) is 22.0 Å². The second-order valence-corrected chi connectivity index (χ2v) is 4.35. The first kappa shape index (κ1) is 16.6. The van der Waals surface area contributed by atoms with Crippen LogP contribution in [0.2, 0.25) is 5.15 Å². The van der Waals surface area contributed by atoms with Crippen molar-refractivity contribution >= 4 is 17.6 Å². The third-order valence-electron chi connectivity index (χ3n) is 2.58. The number of imidazole rings is 1. The summed E-state index contributed by atoms with van der Waals surface area (Å²) in [5.41, 5.74) is -4.08. The van der Waals surface area contributed by atoms with Crippen LogP contribution >= 0.6 is 11.6 Å². The third kappa shape index (κ3) is 2.44. The minimum absolute atomic E-state index is 0.346. The van der Waals surface area contributed by atoms with Crippen LogP contribution in [-0.2, 0) is 17.4 Å². The zero-order chi connectivity index (χ0) is 15.9. The van der Waals surface area contributed by atoms with Gasteiger partial charge in [-0.25, -0.2) is 4.98 Å². The van der Waals surface area contributed by atoms with E-state index in [1.165, 1.54) is 0 Å². The molecule has 0 bridgehead atoms. The lowest BCUT2D eigenvalue weighted by atomic mass is 9.90. The van der Waals surface area contributed by atoms with E-state index in [1.807, 2.05) is 0 Å². The van der Waals surface area contributed by atoms with Crippen LogP contribution in [0, 0.1) is 0 Å². The number of alkyl halides is 5. The standard InChI is InChI=1S/C9H8ClF5N2O3/c1-17-4(10)3-16-6(17)7(20,2-5(18)19)8(11,12)9(13,14)15/h3,20H,2H2,1H3,(H,18,19)/t7-/m1/s1. The smallest absolute Gasteiger partial charge is 0.456 e. The molecular formula is C9H8ClF5N2O3. The van der Waals surface area contributed by atoms with Gasteiger partial charge in [-0.2, -0.15) is 22.0 Å². The summed E-state index contributed by atoms with van der Waals surface area (Å²) in [6.07, 6.45) is -7.35. The Bertz CT molecular complexity index is 530. The predicted molar refractivity (Wildman–Crippen MR) is 55.4 cm³/mol. The highest BCUT2D eigenvalue weighted by Crippen LogP contribution is 2.49. The predicted octanol–water partition coefficient (Wildman–Crippen LogP) is 1.93. The Kier molecular flexibility index (Phi) is 4.03. The second kappa shape index (κ2) is 4.85. The van der Waals surface area contributed by atoms with Gasteiger partial charge in [0.1, 0.15) is 11.0 Å². The molecule has 0 fully saturated rings. The summed E-state index contributed by atoms with van der Waals surface area (Å²) >= 11 is 5.45. The third-order valence-corrected chi connectivity index (χ3v) is 2.94. The Balaban J connectivity index is 3.53. The van der Waals surface area contributed by atoms with Crippen molar-refractivity contribution in [1.29, 1.82) is 0 Å². The van der Waals surface area contributed by atoms with Gasteiger partial charge < -0.3 is 14.8 Å². The Hall–Kier alpha value is -1.42. The molecule has 20 heavy (non-hydrogen) atoms. The molecule has 1 aromatic heterocycles. The molecule has 0 aliphatic carbocycles. The van der Waals surface area contributed by atoms with Crippen LogP contribution in [-0.4, -0.2) is 37.8 Å². The molecule has 0 unspecified atom stereocenters. The number of halogens is 6. The molecule has 0 spiro atoms. The number of hydrogen-bond donors (Lipinski definition) is 2. The molecule has 1 atom stereocenters. The van der Waals surface area contributed by atoms with Gasteiger partial charge in [0.15, 0.2) is 0 Å². The number of hydrogen-bond acceptors (Lipinski definition) is 3. The highest BCUT2D eigenvalue weighted by Gasteiger charge is 2.72. The summed E-state index contributed by atoms with van der Waals surface area (Å²) in [6.45, 7) is 0. The Morgan fingerprint density at radius 1 is 1.40 bits per heavy atom. The zero-order valence-corrected chi connectivity index (χ0v) is 10.5. The Morgan fingerprint density at radius 2 is 1.90 bits per heavy atom. The molecule has 0 saturated carbocycles. The second-order valence-electron chi connectivity index (χ2n) is 3.97. The number of aliphatic hydroxyl groups is 1. The van der Waals surface area contributed by atoms with E-state index >= 15 is 0 Å². The fraction of sp³-hybridized carbons (Fsp3) is 0.556. The molecule has 1 aromatic rings. The molecule has 0 aliphatic heterocycles. The molecule has 114 valence electrons. The fourth-order valence-electron chi connectivity index (χ4n) is 1.56. The lowest BCUT2D eigenvalue weighted by Crippen LogP contribution is -2.57. The molecule has 0 aliphatic rings. The van der Waals surface area contributed by atoms with E-state index in [0.717, 1.165) is 13.2 Å². The van der Waals surface area contributed by atoms with Gasteiger partial charge in [0.05, 0.1) is 12.6 Å². The summed E-state index contributed by atoms with van der Waals surface area (Å²) in [7, 11) is 0.962. The minimum Gasteiger partial charge on any atom is -0.481 e. The van der Waals surface area contributed by atoms with Crippen molar-refractivity contribution in [2.75, 3.05) is 0 Å². The van der Waals surface area contributed by atoms with Gasteiger partial charge in [0.2, 0.25) is 5.60 Å². The number of carbonyl (C=O) groups is 1. The monoisotopic (exact) mass is 322 g/mol. The van der Waals surface area contributed by atoms with E-state index in [1.54, 1.807) is 0 Å². The number of carboxylic acids is 1. The topological polar surface area (TPSA) is 75.3 Å². The first-order valence-corrected chi connectivity index (χ1v) is 5.29. The Labute approximate surface area is 113 Å². The van der Waals surface area contributed by atoms with E-state index in [2.05, 4.69) is 4.98 Å². The molecule has 2 N–H and O–H groups in total. The van der Waals surface area contributed by atoms with Crippen LogP contribution in [0.25, 0.3) is 0 Å². The summed E-state index contributed by atoms with van der Waals surface area (Å²) in [4.78, 5) is 13.7. The van der Waals surface area contributed by atoms with E-state index in [4.69, 9.17) is 16.7 Å². The molecule has 1 heterocycles. The molecule has 0 radical (unpaired) electrons. The fourth-order valence-corrected chi connectivity index (χ4v) is 1.69. The summed E-state index contributed by atoms with van der Waals surface area (Å²) in [5, 5.41) is 17.9. The Morgan fingerprint density at radius 3 is 2.20 bits per heavy atom. The maximum Gasteiger partial charge on any atom is 0.456 e. The molecular weight excluding hydrogens is 315 g/mol. The van der Waals surface area contributed by atoms with Crippen LogP contribution < -0.4 is 0 Å². The van der Waals surface area contributed by atoms with Crippen molar-refractivity contribution in [2.24, 2.45) is 7.05 Å². The van der Waals surface area contributed by atoms with Crippen molar-refractivity contribution in [2.45, 2.75) is 24.1 Å². The number of aliphatic carboxylic acids is 1. The van der Waals surface area contributed by atoms with Crippen molar-refractivity contribution in [1.82, 2.24) is 9.55 Å². The molecule has 11 heteroatoms. The van der Waals surface area contributed by atoms with E-state index < -0.39 is 35.9 Å². The highest BCUT2D eigenvalue weighted by molar-refractivity contribution is 6.29. The first-order valence-electron chi connectivity index (χ1n) is 4.91. The van der Waals surface area contributed by atoms with Crippen molar-refractivity contribution in [3.63, 3.8) is 0 Å². The lowest BCUT2D eigenvalue weighted by Gasteiger charge is -2.35. The number of carboxylic acid groups (broad SMARTS) is 1. The van der Waals surface area contributed by atoms with E-state index in [0.29, 0.717) is 4.57 Å². The summed E-state index contributed by atoms with van der Waals surface area (Å²) < 4.78 is 64.8. The maximum absolute atomic E-state index is 13.5. The zero-order valence-electron chi connectivity index (χ0n) is 9.75. The van der Waals surface area contributed by atoms with Crippen molar-refractivity contribution in [3.05, 3.63) is 17.2 Å². The van der Waals surface area contributed by atoms with E-state index in [-0.39, 0.29) is 5.15 Å². The quantitative estimate of drug-likeness (QED) is 0.831. The molecule has 1 rings (SSSR count). The number of rotatable bonds is 4. The minimum atomic E-state index is -6.17. The molecule has 0 saturated heterocycles. The van der Waals surface area contributed by atoms with E-state index in [9.17, 15) is 31.9 Å². The van der Waals surface area contributed by atoms with Gasteiger partial charge >= 0.3 is 18.1 Å². The highest BCUT2D eigenvalue weighted by atomic mass is 35.5. The summed E-state index contributed by atoms with van der Waals surface area (Å²) in [5.74, 6) is -9.00. The van der Waals surface area contributed by atoms with Gasteiger partial charge in [-0.1, -0.05) is 11.6 Å². The number of aromatic nitrogens is 2. The van der Waals surface area contributed by atoms with Crippen molar-refractivity contribution in [3.8, 4) is 0 Å². The van der Waals surface area contributed by atoms with Crippen LogP contribution in [0.1, 0.15) is 12.2 Å². The average Bonchev–Trinajstić information content (AvgIpc) is 2.57. The van der Waals surface area contributed by atoms with Gasteiger partial charge in [-0.05, 0) is 0 Å². The van der Waals surface area contributed by atoms with Crippen molar-refractivity contribution < 1.29 is 37.0 Å². The van der Waals surface area contributed by atoms with Gasteiger partial charge in [0.25, 0.3) is 0 Å². The van der Waals surface area contributed by atoms with Gasteiger partial charge in [-0.15, -0.1) is 0 Å². The number of nitrogens with zero attached hydrogens (tertiary/aromatic N) is 2. The van der Waals surface area contributed by atoms with Gasteiger partial charge in [-0.3, -0.25) is 4.79 Å². The van der Waals surface area contributed by atoms with Crippen LogP contribution in [0.15, 0.2) is 6.20 Å².